The maximum atomic E-state index is 13.4. The molecule has 0 fully saturated rings. The van der Waals surface area contributed by atoms with Crippen molar-refractivity contribution in [2.75, 3.05) is 0 Å². The number of rotatable bonds is 4. The van der Waals surface area contributed by atoms with Gasteiger partial charge in [-0.15, -0.1) is 11.6 Å². The molecule has 3 aromatic rings. The number of aromatic nitrogens is 4. The number of fused-ring (bicyclic) bond motifs is 1. The van der Waals surface area contributed by atoms with E-state index in [4.69, 9.17) is 16.1 Å². The highest BCUT2D eigenvalue weighted by Crippen LogP contribution is 2.19. The molecule has 0 radical (unpaired) electrons. The lowest BCUT2D eigenvalue weighted by Gasteiger charge is -2.05. The minimum Gasteiger partial charge on any atom is -0.339 e. The molecule has 104 valence electrons. The molecule has 0 aliphatic carbocycles. The van der Waals surface area contributed by atoms with Gasteiger partial charge < -0.3 is 9.09 Å². The molecule has 0 bridgehead atoms. The third-order valence-electron chi connectivity index (χ3n) is 3.03. The minimum absolute atomic E-state index is 0.263. The minimum atomic E-state index is -0.298. The van der Waals surface area contributed by atoms with Crippen molar-refractivity contribution in [3.63, 3.8) is 0 Å². The van der Waals surface area contributed by atoms with E-state index in [0.29, 0.717) is 30.5 Å². The van der Waals surface area contributed by atoms with Gasteiger partial charge in [-0.3, -0.25) is 0 Å². The van der Waals surface area contributed by atoms with Gasteiger partial charge in [-0.2, -0.15) is 4.98 Å². The molecule has 0 aliphatic heterocycles. The Morgan fingerprint density at radius 1 is 1.35 bits per heavy atom. The van der Waals surface area contributed by atoms with Crippen molar-refractivity contribution >= 4 is 22.6 Å². The molecule has 7 heteroatoms. The summed E-state index contributed by atoms with van der Waals surface area (Å²) >= 11 is 5.90. The van der Waals surface area contributed by atoms with E-state index in [1.165, 1.54) is 12.1 Å². The molecular formula is C13H12ClFN4O. The van der Waals surface area contributed by atoms with Crippen LogP contribution in [0.2, 0.25) is 0 Å². The van der Waals surface area contributed by atoms with Gasteiger partial charge in [0.05, 0.1) is 16.9 Å². The van der Waals surface area contributed by atoms with Crippen LogP contribution in [0.15, 0.2) is 22.7 Å². The smallest absolute Gasteiger partial charge is 0.228 e. The second kappa shape index (κ2) is 5.20. The molecule has 0 saturated carbocycles. The second-order valence-electron chi connectivity index (χ2n) is 4.43. The first-order valence-corrected chi connectivity index (χ1v) is 6.70. The molecule has 0 amide bonds. The van der Waals surface area contributed by atoms with Crippen LogP contribution in [-0.2, 0) is 18.8 Å². The van der Waals surface area contributed by atoms with Crippen molar-refractivity contribution in [3.05, 3.63) is 41.6 Å². The van der Waals surface area contributed by atoms with Gasteiger partial charge in [0, 0.05) is 13.0 Å². The summed E-state index contributed by atoms with van der Waals surface area (Å²) in [5.41, 5.74) is 1.45. The second-order valence-corrected chi connectivity index (χ2v) is 4.70. The van der Waals surface area contributed by atoms with Crippen LogP contribution < -0.4 is 0 Å². The Morgan fingerprint density at radius 2 is 2.20 bits per heavy atom. The molecule has 3 rings (SSSR count). The summed E-state index contributed by atoms with van der Waals surface area (Å²) in [5.74, 6) is 1.80. The van der Waals surface area contributed by atoms with E-state index in [9.17, 15) is 4.39 Å². The maximum absolute atomic E-state index is 13.4. The quantitative estimate of drug-likeness (QED) is 0.694. The normalized spacial score (nSPS) is 11.3. The van der Waals surface area contributed by atoms with E-state index >= 15 is 0 Å². The van der Waals surface area contributed by atoms with Gasteiger partial charge >= 0.3 is 0 Å². The average Bonchev–Trinajstić information content (AvgIpc) is 2.99. The van der Waals surface area contributed by atoms with Crippen molar-refractivity contribution in [1.29, 1.82) is 0 Å². The summed E-state index contributed by atoms with van der Waals surface area (Å²) in [6, 6.07) is 4.49. The lowest BCUT2D eigenvalue weighted by Crippen LogP contribution is -2.05. The van der Waals surface area contributed by atoms with Gasteiger partial charge in [-0.25, -0.2) is 9.37 Å². The van der Waals surface area contributed by atoms with Crippen LogP contribution in [0, 0.1) is 12.7 Å². The zero-order valence-electron chi connectivity index (χ0n) is 10.8. The van der Waals surface area contributed by atoms with Crippen LogP contribution in [0.1, 0.15) is 17.5 Å². The Balaban J connectivity index is 1.94. The number of aryl methyl sites for hydroxylation is 3. The Bertz CT molecular complexity index is 752. The summed E-state index contributed by atoms with van der Waals surface area (Å²) in [6.45, 7) is 2.32. The third kappa shape index (κ3) is 2.38. The van der Waals surface area contributed by atoms with E-state index in [2.05, 4.69) is 15.1 Å². The van der Waals surface area contributed by atoms with E-state index in [0.717, 1.165) is 11.0 Å². The topological polar surface area (TPSA) is 56.7 Å². The number of hydrogen-bond acceptors (Lipinski definition) is 4. The van der Waals surface area contributed by atoms with Gasteiger partial charge in [0.15, 0.2) is 5.82 Å². The molecule has 0 spiro atoms. The summed E-state index contributed by atoms with van der Waals surface area (Å²) < 4.78 is 20.3. The highest BCUT2D eigenvalue weighted by Gasteiger charge is 2.12. The Morgan fingerprint density at radius 3 is 2.90 bits per heavy atom. The van der Waals surface area contributed by atoms with Crippen molar-refractivity contribution < 1.29 is 8.91 Å². The third-order valence-corrected chi connectivity index (χ3v) is 3.27. The number of halogens is 2. The van der Waals surface area contributed by atoms with Gasteiger partial charge in [0.2, 0.25) is 5.89 Å². The fraction of sp³-hybridized carbons (Fsp3) is 0.308. The predicted molar refractivity (Wildman–Crippen MR) is 72.0 cm³/mol. The number of benzene rings is 1. The van der Waals surface area contributed by atoms with E-state index in [1.807, 2.05) is 4.57 Å². The molecule has 2 heterocycles. The van der Waals surface area contributed by atoms with Crippen LogP contribution in [0.4, 0.5) is 4.39 Å². The van der Waals surface area contributed by atoms with Crippen molar-refractivity contribution in [2.24, 2.45) is 0 Å². The molecule has 0 aliphatic rings. The summed E-state index contributed by atoms with van der Waals surface area (Å²) in [5, 5.41) is 3.74. The molecule has 0 unspecified atom stereocenters. The van der Waals surface area contributed by atoms with Gasteiger partial charge in [0.1, 0.15) is 11.6 Å². The summed E-state index contributed by atoms with van der Waals surface area (Å²) in [4.78, 5) is 8.53. The standard InChI is InChI=1S/C13H12ClFN4O/c1-8-16-13(20-18-8)4-5-19-11-6-9(15)2-3-10(11)17-12(19)7-14/h2-3,6H,4-5,7H2,1H3. The van der Waals surface area contributed by atoms with Gasteiger partial charge in [0.25, 0.3) is 0 Å². The first-order chi connectivity index (χ1) is 9.67. The number of alkyl halides is 1. The maximum Gasteiger partial charge on any atom is 0.228 e. The highest BCUT2D eigenvalue weighted by molar-refractivity contribution is 6.16. The fourth-order valence-corrected chi connectivity index (χ4v) is 2.35. The summed E-state index contributed by atoms with van der Waals surface area (Å²) in [6.07, 6.45) is 0.548. The van der Waals surface area contributed by atoms with E-state index < -0.39 is 0 Å². The predicted octanol–water partition coefficient (Wildman–Crippen LogP) is 2.85. The van der Waals surface area contributed by atoms with E-state index in [-0.39, 0.29) is 11.7 Å². The van der Waals surface area contributed by atoms with Crippen molar-refractivity contribution in [3.8, 4) is 0 Å². The van der Waals surface area contributed by atoms with Gasteiger partial charge in [-0.1, -0.05) is 5.16 Å². The first kappa shape index (κ1) is 13.1. The average molecular weight is 295 g/mol. The zero-order valence-corrected chi connectivity index (χ0v) is 11.6. The highest BCUT2D eigenvalue weighted by atomic mass is 35.5. The Labute approximate surface area is 119 Å². The first-order valence-electron chi connectivity index (χ1n) is 6.17. The Hall–Kier alpha value is -1.95. The molecule has 1 aromatic carbocycles. The largest absolute Gasteiger partial charge is 0.339 e. The van der Waals surface area contributed by atoms with Gasteiger partial charge in [-0.05, 0) is 25.1 Å². The molecule has 2 aromatic heterocycles. The van der Waals surface area contributed by atoms with Crippen molar-refractivity contribution in [2.45, 2.75) is 25.8 Å². The molecular weight excluding hydrogens is 283 g/mol. The molecule has 0 N–H and O–H groups in total. The number of imidazole rings is 1. The molecule has 5 nitrogen and oxygen atoms in total. The monoisotopic (exact) mass is 294 g/mol. The zero-order chi connectivity index (χ0) is 14.1. The number of nitrogens with zero attached hydrogens (tertiary/aromatic N) is 4. The summed E-state index contributed by atoms with van der Waals surface area (Å²) in [7, 11) is 0. The molecule has 0 atom stereocenters. The van der Waals surface area contributed by atoms with Crippen LogP contribution in [0.3, 0.4) is 0 Å². The van der Waals surface area contributed by atoms with E-state index in [1.54, 1.807) is 13.0 Å². The fourth-order valence-electron chi connectivity index (χ4n) is 2.15. The lowest BCUT2D eigenvalue weighted by molar-refractivity contribution is 0.368. The molecule has 0 saturated heterocycles. The van der Waals surface area contributed by atoms with Crippen LogP contribution >= 0.6 is 11.6 Å². The molecule has 20 heavy (non-hydrogen) atoms. The van der Waals surface area contributed by atoms with Crippen LogP contribution in [0.25, 0.3) is 11.0 Å². The lowest BCUT2D eigenvalue weighted by atomic mass is 10.3. The SMILES string of the molecule is Cc1noc(CCn2c(CCl)nc3ccc(F)cc32)n1. The Kier molecular flexibility index (Phi) is 3.40. The van der Waals surface area contributed by atoms with Crippen molar-refractivity contribution in [1.82, 2.24) is 19.7 Å². The van der Waals surface area contributed by atoms with Crippen LogP contribution in [0.5, 0.6) is 0 Å². The number of hydrogen-bond donors (Lipinski definition) is 0. The van der Waals surface area contributed by atoms with Crippen LogP contribution in [-0.4, -0.2) is 19.7 Å².